The molecule has 2 heterocycles. The first-order valence-electron chi connectivity index (χ1n) is 9.74. The van der Waals surface area contributed by atoms with Gasteiger partial charge in [-0.3, -0.25) is 9.59 Å². The third kappa shape index (κ3) is 3.14. The first-order valence-corrected chi connectivity index (χ1v) is 9.74. The van der Waals surface area contributed by atoms with Gasteiger partial charge in [0.1, 0.15) is 23.9 Å². The molecular weight excluding hydrogens is 382 g/mol. The van der Waals surface area contributed by atoms with E-state index in [4.69, 9.17) is 15.2 Å². The lowest BCUT2D eigenvalue weighted by molar-refractivity contribution is -0.141. The van der Waals surface area contributed by atoms with Crippen LogP contribution < -0.4 is 5.73 Å². The van der Waals surface area contributed by atoms with E-state index in [0.717, 1.165) is 16.5 Å². The number of hydrogen-bond acceptors (Lipinski definition) is 6. The Balaban J connectivity index is 1.95. The van der Waals surface area contributed by atoms with E-state index in [2.05, 4.69) is 6.07 Å². The van der Waals surface area contributed by atoms with Crippen molar-refractivity contribution < 1.29 is 19.1 Å². The number of benzene rings is 1. The molecule has 0 spiro atoms. The quantitative estimate of drug-likeness (QED) is 0.786. The fourth-order valence-corrected chi connectivity index (χ4v) is 4.44. The largest absolute Gasteiger partial charge is 0.468 e. The van der Waals surface area contributed by atoms with E-state index in [9.17, 15) is 14.9 Å². The normalized spacial score (nSPS) is 20.6. The number of carbonyl (C=O) groups is 2. The molecule has 4 rings (SSSR count). The molecule has 2 aliphatic rings. The molecule has 0 radical (unpaired) electrons. The number of carbonyl (C=O) groups excluding carboxylic acids is 2. The molecule has 154 valence electrons. The Morgan fingerprint density at radius 1 is 1.37 bits per heavy atom. The second-order valence-electron chi connectivity index (χ2n) is 8.51. The molecule has 2 aromatic rings. The van der Waals surface area contributed by atoms with Gasteiger partial charge in [0.2, 0.25) is 5.88 Å². The number of fused-ring (bicyclic) bond motifs is 1. The van der Waals surface area contributed by atoms with Crippen molar-refractivity contribution in [2.75, 3.05) is 7.11 Å². The predicted octanol–water partition coefficient (Wildman–Crippen LogP) is 3.27. The van der Waals surface area contributed by atoms with Crippen LogP contribution in [0.3, 0.4) is 0 Å². The van der Waals surface area contributed by atoms with Crippen LogP contribution in [0.25, 0.3) is 10.9 Å². The van der Waals surface area contributed by atoms with Crippen LogP contribution in [0.2, 0.25) is 0 Å². The number of Topliss-reactive ketones (excluding diaryl/α,β-unsaturated/α-hetero) is 1. The highest BCUT2D eigenvalue weighted by Gasteiger charge is 2.43. The number of esters is 1. The molecule has 0 unspecified atom stereocenters. The monoisotopic (exact) mass is 405 g/mol. The predicted molar refractivity (Wildman–Crippen MR) is 110 cm³/mol. The van der Waals surface area contributed by atoms with Gasteiger partial charge in [-0.05, 0) is 17.0 Å². The molecule has 30 heavy (non-hydrogen) atoms. The summed E-state index contributed by atoms with van der Waals surface area (Å²) in [5.74, 6) is -0.512. The number of hydrogen-bond donors (Lipinski definition) is 1. The number of ether oxygens (including phenoxy) is 2. The molecule has 0 fully saturated rings. The summed E-state index contributed by atoms with van der Waals surface area (Å²) in [6, 6.07) is 9.70. The maximum Gasteiger partial charge on any atom is 0.325 e. The highest BCUT2D eigenvalue weighted by atomic mass is 16.5. The van der Waals surface area contributed by atoms with Crippen molar-refractivity contribution in [2.24, 2.45) is 11.1 Å². The van der Waals surface area contributed by atoms with Crippen LogP contribution in [-0.4, -0.2) is 23.4 Å². The van der Waals surface area contributed by atoms with Gasteiger partial charge in [0.05, 0.1) is 13.0 Å². The van der Waals surface area contributed by atoms with Gasteiger partial charge in [0.25, 0.3) is 0 Å². The van der Waals surface area contributed by atoms with Gasteiger partial charge in [-0.2, -0.15) is 5.26 Å². The molecule has 7 nitrogen and oxygen atoms in total. The second kappa shape index (κ2) is 7.06. The van der Waals surface area contributed by atoms with Crippen molar-refractivity contribution in [1.82, 2.24) is 4.57 Å². The van der Waals surface area contributed by atoms with E-state index in [1.807, 2.05) is 38.1 Å². The average molecular weight is 405 g/mol. The van der Waals surface area contributed by atoms with E-state index in [1.165, 1.54) is 7.11 Å². The fourth-order valence-electron chi connectivity index (χ4n) is 4.44. The van der Waals surface area contributed by atoms with E-state index >= 15 is 0 Å². The Morgan fingerprint density at radius 3 is 2.80 bits per heavy atom. The summed E-state index contributed by atoms with van der Waals surface area (Å²) in [5.41, 5.74) is 8.13. The maximum absolute atomic E-state index is 13.2. The highest BCUT2D eigenvalue weighted by molar-refractivity contribution is 6.01. The number of para-hydroxylation sites is 1. The molecule has 0 bridgehead atoms. The third-order valence-electron chi connectivity index (χ3n) is 5.73. The molecule has 2 N–H and O–H groups in total. The Labute approximate surface area is 174 Å². The number of nitrogens with zero attached hydrogens (tertiary/aromatic N) is 2. The highest BCUT2D eigenvalue weighted by Crippen LogP contribution is 2.49. The Bertz CT molecular complexity index is 1180. The Hall–Kier alpha value is -3.53. The lowest BCUT2D eigenvalue weighted by Gasteiger charge is -2.37. The van der Waals surface area contributed by atoms with Gasteiger partial charge in [-0.15, -0.1) is 0 Å². The standard InChI is InChI=1S/C23H23N3O4/c1-23(2)8-17(27)21-18(9-23)30-22(25)14(10-24)20(21)15-11-26(12-19(28)29-3)16-7-5-4-6-13(15)16/h4-7,11,20H,8-9,12,25H2,1-3H3/t20-/m1/s1. The van der Waals surface area contributed by atoms with Crippen LogP contribution in [0.4, 0.5) is 0 Å². The molecular formula is C23H23N3O4. The van der Waals surface area contributed by atoms with E-state index < -0.39 is 5.92 Å². The van der Waals surface area contributed by atoms with Gasteiger partial charge in [-0.1, -0.05) is 32.0 Å². The number of nitriles is 1. The molecule has 1 atom stereocenters. The SMILES string of the molecule is COC(=O)Cn1cc([C@H]2C(C#N)=C(N)OC3=C2C(=O)CC(C)(C)C3)c2ccccc21. The van der Waals surface area contributed by atoms with Crippen LogP contribution in [0.15, 0.2) is 53.3 Å². The molecule has 0 amide bonds. The zero-order valence-corrected chi connectivity index (χ0v) is 17.2. The van der Waals surface area contributed by atoms with Gasteiger partial charge in [-0.25, -0.2) is 0 Å². The Morgan fingerprint density at radius 2 is 2.10 bits per heavy atom. The zero-order chi connectivity index (χ0) is 21.6. The summed E-state index contributed by atoms with van der Waals surface area (Å²) in [5, 5.41) is 10.7. The van der Waals surface area contributed by atoms with E-state index in [1.54, 1.807) is 10.8 Å². The molecule has 7 heteroatoms. The van der Waals surface area contributed by atoms with Crippen LogP contribution >= 0.6 is 0 Å². The van der Waals surface area contributed by atoms with Crippen LogP contribution in [0.5, 0.6) is 0 Å². The number of aromatic nitrogens is 1. The number of nitrogens with two attached hydrogens (primary N) is 1. The lowest BCUT2D eigenvalue weighted by Crippen LogP contribution is -2.33. The summed E-state index contributed by atoms with van der Waals surface area (Å²) in [4.78, 5) is 25.1. The zero-order valence-electron chi connectivity index (χ0n) is 17.2. The average Bonchev–Trinajstić information content (AvgIpc) is 3.04. The Kier molecular flexibility index (Phi) is 4.65. The third-order valence-corrected chi connectivity index (χ3v) is 5.73. The van der Waals surface area contributed by atoms with Crippen molar-refractivity contribution in [3.05, 3.63) is 58.8 Å². The van der Waals surface area contributed by atoms with Gasteiger partial charge >= 0.3 is 5.97 Å². The lowest BCUT2D eigenvalue weighted by atomic mass is 9.70. The van der Waals surface area contributed by atoms with Gasteiger partial charge in [0.15, 0.2) is 5.78 Å². The summed E-state index contributed by atoms with van der Waals surface area (Å²) < 4.78 is 12.4. The van der Waals surface area contributed by atoms with E-state index in [-0.39, 0.29) is 35.2 Å². The number of allylic oxidation sites excluding steroid dienone is 3. The molecule has 1 aromatic heterocycles. The van der Waals surface area contributed by atoms with Crippen molar-refractivity contribution in [1.29, 1.82) is 5.26 Å². The minimum absolute atomic E-state index is 0.0220. The fraction of sp³-hybridized carbons (Fsp3) is 0.348. The summed E-state index contributed by atoms with van der Waals surface area (Å²) in [6.45, 7) is 4.04. The van der Waals surface area contributed by atoms with Crippen LogP contribution in [0, 0.1) is 16.7 Å². The second-order valence-corrected chi connectivity index (χ2v) is 8.51. The topological polar surface area (TPSA) is 107 Å². The van der Waals surface area contributed by atoms with Crippen molar-refractivity contribution >= 4 is 22.7 Å². The number of ketones is 1. The molecule has 0 saturated carbocycles. The van der Waals surface area contributed by atoms with E-state index in [0.29, 0.717) is 24.2 Å². The van der Waals surface area contributed by atoms with Crippen LogP contribution in [-0.2, 0) is 25.6 Å². The molecule has 1 aliphatic heterocycles. The van der Waals surface area contributed by atoms with Gasteiger partial charge in [0, 0.05) is 35.5 Å². The van der Waals surface area contributed by atoms with Crippen molar-refractivity contribution in [2.45, 2.75) is 39.2 Å². The van der Waals surface area contributed by atoms with Crippen molar-refractivity contribution in [3.8, 4) is 6.07 Å². The maximum atomic E-state index is 13.2. The minimum Gasteiger partial charge on any atom is -0.468 e. The molecule has 0 saturated heterocycles. The number of methoxy groups -OCH3 is 1. The first kappa shape index (κ1) is 19.8. The molecule has 1 aliphatic carbocycles. The summed E-state index contributed by atoms with van der Waals surface area (Å²) in [6.07, 6.45) is 2.73. The van der Waals surface area contributed by atoms with Gasteiger partial charge < -0.3 is 19.8 Å². The summed E-state index contributed by atoms with van der Waals surface area (Å²) in [7, 11) is 1.34. The minimum atomic E-state index is -0.633. The first-order chi connectivity index (χ1) is 14.3. The summed E-state index contributed by atoms with van der Waals surface area (Å²) >= 11 is 0. The molecule has 1 aromatic carbocycles. The smallest absolute Gasteiger partial charge is 0.325 e. The van der Waals surface area contributed by atoms with Crippen LogP contribution in [0.1, 0.15) is 38.2 Å². The van der Waals surface area contributed by atoms with Crippen molar-refractivity contribution in [3.63, 3.8) is 0 Å². The number of rotatable bonds is 3.